The van der Waals surface area contributed by atoms with Gasteiger partial charge in [-0.3, -0.25) is 0 Å². The fraction of sp³-hybridized carbons (Fsp3) is 0.556. The zero-order chi connectivity index (χ0) is 17.5. The van der Waals surface area contributed by atoms with E-state index >= 15 is 0 Å². The Morgan fingerprint density at radius 3 is 2.48 bits per heavy atom. The molecule has 23 heavy (non-hydrogen) atoms. The van der Waals surface area contributed by atoms with Crippen molar-refractivity contribution in [1.29, 1.82) is 0 Å². The number of rotatable bonds is 8. The predicted molar refractivity (Wildman–Crippen MR) is 104 cm³/mol. The minimum absolute atomic E-state index is 0.704. The summed E-state index contributed by atoms with van der Waals surface area (Å²) < 4.78 is 0. The summed E-state index contributed by atoms with van der Waals surface area (Å²) in [5.41, 5.74) is 4.37. The van der Waals surface area contributed by atoms with Crippen LogP contribution < -0.4 is 0 Å². The van der Waals surface area contributed by atoms with E-state index in [9.17, 15) is 0 Å². The molecule has 0 amide bonds. The number of benzene rings is 1. The highest BCUT2D eigenvalue weighted by molar-refractivity contribution is 6.76. The van der Waals surface area contributed by atoms with Crippen molar-refractivity contribution in [2.45, 2.75) is 46.5 Å². The van der Waals surface area contributed by atoms with Crippen LogP contribution in [0.15, 0.2) is 22.3 Å². The van der Waals surface area contributed by atoms with Crippen LogP contribution in [0.5, 0.6) is 0 Å². The third-order valence-electron chi connectivity index (χ3n) is 3.69. The Morgan fingerprint density at radius 2 is 1.87 bits per heavy atom. The monoisotopic (exact) mass is 333 g/mol. The molecule has 4 nitrogen and oxygen atoms in total. The van der Waals surface area contributed by atoms with Gasteiger partial charge in [-0.15, -0.1) is 0 Å². The first-order valence-electron chi connectivity index (χ1n) is 8.24. The van der Waals surface area contributed by atoms with Gasteiger partial charge < -0.3 is 9.74 Å². The number of aliphatic imine (C=N–C) groups is 1. The van der Waals surface area contributed by atoms with E-state index in [2.05, 4.69) is 67.6 Å². The zero-order valence-electron chi connectivity index (χ0n) is 15.7. The van der Waals surface area contributed by atoms with Gasteiger partial charge in [-0.05, 0) is 55.6 Å². The van der Waals surface area contributed by atoms with E-state index in [1.807, 2.05) is 13.4 Å². The van der Waals surface area contributed by atoms with Gasteiger partial charge in [-0.1, -0.05) is 24.8 Å². The SMILES string of the molecule is CCN(C)C=Nc1cc(C)c(/C=N/OCC[Si](C)(C)C)cc1C. The van der Waals surface area contributed by atoms with Crippen LogP contribution in [0.25, 0.3) is 0 Å². The van der Waals surface area contributed by atoms with Gasteiger partial charge in [0.25, 0.3) is 0 Å². The van der Waals surface area contributed by atoms with Crippen molar-refractivity contribution < 1.29 is 4.84 Å². The van der Waals surface area contributed by atoms with Crippen molar-refractivity contribution in [1.82, 2.24) is 4.90 Å². The maximum Gasteiger partial charge on any atom is 0.114 e. The Balaban J connectivity index is 2.71. The van der Waals surface area contributed by atoms with Crippen LogP contribution in [0.2, 0.25) is 25.7 Å². The molecule has 1 aromatic rings. The van der Waals surface area contributed by atoms with E-state index in [0.29, 0.717) is 6.61 Å². The van der Waals surface area contributed by atoms with Crippen LogP contribution in [-0.4, -0.2) is 45.7 Å². The molecule has 1 rings (SSSR count). The van der Waals surface area contributed by atoms with Crippen molar-refractivity contribution in [2.75, 3.05) is 20.2 Å². The molecule has 5 heteroatoms. The summed E-state index contributed by atoms with van der Waals surface area (Å²) in [5.74, 6) is 0. The van der Waals surface area contributed by atoms with Gasteiger partial charge >= 0.3 is 0 Å². The molecule has 0 heterocycles. The molecular formula is C18H31N3OSi. The average Bonchev–Trinajstić information content (AvgIpc) is 2.46. The Morgan fingerprint density at radius 1 is 1.17 bits per heavy atom. The van der Waals surface area contributed by atoms with Crippen LogP contribution in [0.4, 0.5) is 5.69 Å². The molecule has 0 aliphatic carbocycles. The number of aryl methyl sites for hydroxylation is 2. The summed E-state index contributed by atoms with van der Waals surface area (Å²) in [6.45, 7) is 14.9. The van der Waals surface area contributed by atoms with Crippen molar-refractivity contribution >= 4 is 26.3 Å². The van der Waals surface area contributed by atoms with Crippen LogP contribution in [0, 0.1) is 13.8 Å². The summed E-state index contributed by atoms with van der Waals surface area (Å²) in [7, 11) is 0.964. The first kappa shape index (κ1) is 19.4. The summed E-state index contributed by atoms with van der Waals surface area (Å²) in [5, 5.41) is 4.11. The lowest BCUT2D eigenvalue weighted by atomic mass is 10.0. The van der Waals surface area contributed by atoms with E-state index in [-0.39, 0.29) is 0 Å². The van der Waals surface area contributed by atoms with Gasteiger partial charge in [0.15, 0.2) is 0 Å². The fourth-order valence-corrected chi connectivity index (χ4v) is 2.55. The predicted octanol–water partition coefficient (Wildman–Crippen LogP) is 4.60. The molecule has 0 bridgehead atoms. The van der Waals surface area contributed by atoms with E-state index in [4.69, 9.17) is 4.84 Å². The zero-order valence-corrected chi connectivity index (χ0v) is 16.7. The van der Waals surface area contributed by atoms with E-state index in [1.54, 1.807) is 6.21 Å². The smallest absolute Gasteiger partial charge is 0.114 e. The molecule has 0 aromatic heterocycles. The molecule has 0 spiro atoms. The van der Waals surface area contributed by atoms with Crippen LogP contribution in [0.3, 0.4) is 0 Å². The van der Waals surface area contributed by atoms with Gasteiger partial charge in [0, 0.05) is 21.7 Å². The number of nitrogens with zero attached hydrogens (tertiary/aromatic N) is 3. The molecule has 0 saturated heterocycles. The van der Waals surface area contributed by atoms with Crippen molar-refractivity contribution in [3.8, 4) is 0 Å². The molecule has 128 valence electrons. The maximum atomic E-state index is 5.40. The molecule has 0 saturated carbocycles. The van der Waals surface area contributed by atoms with E-state index in [1.165, 1.54) is 0 Å². The normalized spacial score (nSPS) is 12.3. The van der Waals surface area contributed by atoms with Gasteiger partial charge in [-0.2, -0.15) is 0 Å². The molecule has 0 aliphatic rings. The summed E-state index contributed by atoms with van der Waals surface area (Å²) >= 11 is 0. The lowest BCUT2D eigenvalue weighted by molar-refractivity contribution is 0.159. The van der Waals surface area contributed by atoms with Gasteiger partial charge in [-0.25, -0.2) is 4.99 Å². The van der Waals surface area contributed by atoms with Crippen LogP contribution in [0.1, 0.15) is 23.6 Å². The average molecular weight is 334 g/mol. The number of hydrogen-bond acceptors (Lipinski definition) is 3. The highest BCUT2D eigenvalue weighted by atomic mass is 28.3. The quantitative estimate of drug-likeness (QED) is 0.229. The van der Waals surface area contributed by atoms with Crippen molar-refractivity contribution in [3.05, 3.63) is 28.8 Å². The van der Waals surface area contributed by atoms with Crippen LogP contribution >= 0.6 is 0 Å². The lowest BCUT2D eigenvalue weighted by Crippen LogP contribution is -2.21. The minimum atomic E-state index is -1.05. The topological polar surface area (TPSA) is 37.2 Å². The Labute approximate surface area is 142 Å². The van der Waals surface area contributed by atoms with Crippen molar-refractivity contribution in [3.63, 3.8) is 0 Å². The second kappa shape index (κ2) is 8.87. The van der Waals surface area contributed by atoms with E-state index in [0.717, 1.165) is 35.0 Å². The second-order valence-corrected chi connectivity index (χ2v) is 12.8. The fourth-order valence-electron chi connectivity index (χ4n) is 1.84. The molecule has 0 unspecified atom stereocenters. The molecule has 0 fully saturated rings. The van der Waals surface area contributed by atoms with Gasteiger partial charge in [0.05, 0.1) is 18.2 Å². The highest BCUT2D eigenvalue weighted by Crippen LogP contribution is 2.22. The molecule has 1 aromatic carbocycles. The molecule has 0 aliphatic heterocycles. The third-order valence-corrected chi connectivity index (χ3v) is 5.39. The number of oxime groups is 1. The maximum absolute atomic E-state index is 5.40. The minimum Gasteiger partial charge on any atom is -0.396 e. The molecule has 0 radical (unpaired) electrons. The number of hydrogen-bond donors (Lipinski definition) is 0. The van der Waals surface area contributed by atoms with E-state index < -0.39 is 8.07 Å². The lowest BCUT2D eigenvalue weighted by Gasteiger charge is -2.13. The van der Waals surface area contributed by atoms with Gasteiger partial charge in [0.1, 0.15) is 6.61 Å². The molecule has 0 atom stereocenters. The summed E-state index contributed by atoms with van der Waals surface area (Å²) in [6.07, 6.45) is 3.67. The Bertz CT molecular complexity index is 562. The molecule has 0 N–H and O–H groups in total. The third kappa shape index (κ3) is 7.46. The Hall–Kier alpha value is -1.62. The van der Waals surface area contributed by atoms with Crippen LogP contribution in [-0.2, 0) is 4.84 Å². The van der Waals surface area contributed by atoms with Gasteiger partial charge in [0.2, 0.25) is 0 Å². The standard InChI is InChI=1S/C18H31N3OSi/c1-8-21(4)14-19-18-12-15(2)17(11-16(18)3)13-20-22-9-10-23(5,6)7/h11-14H,8-10H2,1-7H3/b19-14?,20-13+. The Kier molecular flexibility index (Phi) is 7.49. The summed E-state index contributed by atoms with van der Waals surface area (Å²) in [4.78, 5) is 12.0. The first-order chi connectivity index (χ1) is 10.7. The first-order valence-corrected chi connectivity index (χ1v) is 11.9. The second-order valence-electron chi connectivity index (χ2n) is 7.19. The molecular weight excluding hydrogens is 302 g/mol. The summed E-state index contributed by atoms with van der Waals surface area (Å²) in [6, 6.07) is 5.33. The largest absolute Gasteiger partial charge is 0.396 e. The van der Waals surface area contributed by atoms with Crippen molar-refractivity contribution in [2.24, 2.45) is 10.1 Å². The highest BCUT2D eigenvalue weighted by Gasteiger charge is 2.12.